The quantitative estimate of drug-likeness (QED) is 0.619. The minimum absolute atomic E-state index is 0.206. The van der Waals surface area contributed by atoms with Gasteiger partial charge < -0.3 is 9.64 Å². The molecule has 1 aliphatic carbocycles. The van der Waals surface area contributed by atoms with Crippen molar-refractivity contribution < 1.29 is 9.53 Å². The minimum atomic E-state index is -0.430. The molecule has 1 amide bonds. The molecule has 2 fully saturated rings. The number of hydrogen-bond donors (Lipinski definition) is 0. The Kier molecular flexibility index (Phi) is 3.34. The molecule has 0 radical (unpaired) electrons. The molecule has 1 saturated heterocycles. The Bertz CT molecular complexity index is 398. The fourth-order valence-electron chi connectivity index (χ4n) is 2.84. The molecule has 4 nitrogen and oxygen atoms in total. The summed E-state index contributed by atoms with van der Waals surface area (Å²) in [5.41, 5.74) is 0.803. The topological polar surface area (TPSA) is 53.3 Å². The fourth-order valence-corrected chi connectivity index (χ4v) is 2.84. The van der Waals surface area contributed by atoms with Crippen molar-refractivity contribution >= 4 is 6.09 Å². The van der Waals surface area contributed by atoms with Crippen LogP contribution in [0.15, 0.2) is 11.6 Å². The second-order valence-electron chi connectivity index (χ2n) is 6.25. The number of allylic oxidation sites excluding steroid dienone is 2. The molecule has 98 valence electrons. The van der Waals surface area contributed by atoms with Gasteiger partial charge in [0, 0.05) is 19.2 Å². The normalized spacial score (nSPS) is 26.8. The van der Waals surface area contributed by atoms with Gasteiger partial charge in [0.2, 0.25) is 0 Å². The number of amides is 1. The highest BCUT2D eigenvalue weighted by molar-refractivity contribution is 5.68. The van der Waals surface area contributed by atoms with Crippen LogP contribution in [0.5, 0.6) is 0 Å². The molecule has 1 aliphatic heterocycles. The van der Waals surface area contributed by atoms with Gasteiger partial charge in [-0.15, -0.1) is 0 Å². The zero-order valence-electron chi connectivity index (χ0n) is 11.3. The van der Waals surface area contributed by atoms with Crippen molar-refractivity contribution in [1.82, 2.24) is 4.90 Å². The zero-order chi connectivity index (χ0) is 13.3. The number of likely N-dealkylation sites (tertiary alicyclic amines) is 1. The van der Waals surface area contributed by atoms with Crippen LogP contribution in [0.2, 0.25) is 0 Å². The number of rotatable bonds is 0. The Morgan fingerprint density at radius 3 is 2.39 bits per heavy atom. The van der Waals surface area contributed by atoms with E-state index in [0.717, 1.165) is 25.9 Å². The third-order valence-corrected chi connectivity index (χ3v) is 3.55. The SMILES string of the molecule is CC(C)(C)OC(=O)N1CC2CC(=CC#N)CC2C1. The largest absolute Gasteiger partial charge is 0.444 e. The van der Waals surface area contributed by atoms with E-state index in [9.17, 15) is 4.79 Å². The summed E-state index contributed by atoms with van der Waals surface area (Å²) in [6.07, 6.45) is 3.37. The van der Waals surface area contributed by atoms with Crippen molar-refractivity contribution in [2.45, 2.75) is 39.2 Å². The molecule has 1 heterocycles. The third-order valence-electron chi connectivity index (χ3n) is 3.55. The summed E-state index contributed by atoms with van der Waals surface area (Å²) in [6.45, 7) is 7.19. The Morgan fingerprint density at radius 2 is 1.94 bits per heavy atom. The number of nitrogens with zero attached hydrogens (tertiary/aromatic N) is 2. The van der Waals surface area contributed by atoms with Crippen LogP contribution in [-0.2, 0) is 4.74 Å². The summed E-state index contributed by atoms with van der Waals surface area (Å²) < 4.78 is 5.38. The highest BCUT2D eigenvalue weighted by atomic mass is 16.6. The van der Waals surface area contributed by atoms with Crippen molar-refractivity contribution in [3.05, 3.63) is 11.6 Å². The molecule has 0 aromatic carbocycles. The molecule has 18 heavy (non-hydrogen) atoms. The lowest BCUT2D eigenvalue weighted by molar-refractivity contribution is 0.0282. The first-order valence-corrected chi connectivity index (χ1v) is 6.44. The van der Waals surface area contributed by atoms with Crippen LogP contribution in [0, 0.1) is 23.2 Å². The van der Waals surface area contributed by atoms with Crippen LogP contribution in [0.4, 0.5) is 4.79 Å². The van der Waals surface area contributed by atoms with Gasteiger partial charge in [-0.1, -0.05) is 5.57 Å². The first-order valence-electron chi connectivity index (χ1n) is 6.44. The summed E-state index contributed by atoms with van der Waals surface area (Å²) in [4.78, 5) is 13.7. The maximum Gasteiger partial charge on any atom is 0.410 e. The molecule has 2 unspecified atom stereocenters. The number of carbonyl (C=O) groups excluding carboxylic acids is 1. The van der Waals surface area contributed by atoms with E-state index in [-0.39, 0.29) is 6.09 Å². The molecule has 0 aromatic heterocycles. The highest BCUT2D eigenvalue weighted by Gasteiger charge is 2.41. The van der Waals surface area contributed by atoms with Gasteiger partial charge in [-0.3, -0.25) is 0 Å². The summed E-state index contributed by atoms with van der Waals surface area (Å²) in [5, 5.41) is 8.65. The summed E-state index contributed by atoms with van der Waals surface area (Å²) in [5.74, 6) is 1.02. The highest BCUT2D eigenvalue weighted by Crippen LogP contribution is 2.41. The number of ether oxygens (including phenoxy) is 1. The maximum atomic E-state index is 11.9. The number of carbonyl (C=O) groups is 1. The fraction of sp³-hybridized carbons (Fsp3) is 0.714. The molecule has 0 N–H and O–H groups in total. The average Bonchev–Trinajstić information content (AvgIpc) is 2.72. The molecular weight excluding hydrogens is 228 g/mol. The summed E-state index contributed by atoms with van der Waals surface area (Å²) in [6, 6.07) is 2.10. The third kappa shape index (κ3) is 2.84. The van der Waals surface area contributed by atoms with Gasteiger partial charge in [0.05, 0.1) is 6.07 Å². The van der Waals surface area contributed by atoms with Crippen LogP contribution in [0.1, 0.15) is 33.6 Å². The number of fused-ring (bicyclic) bond motifs is 1. The first kappa shape index (κ1) is 12.9. The number of nitriles is 1. The molecule has 4 heteroatoms. The van der Waals surface area contributed by atoms with Crippen LogP contribution in [0.3, 0.4) is 0 Å². The Hall–Kier alpha value is -1.50. The molecule has 2 rings (SSSR count). The molecule has 0 aromatic rings. The maximum absolute atomic E-state index is 11.9. The second kappa shape index (κ2) is 4.64. The predicted molar refractivity (Wildman–Crippen MR) is 67.7 cm³/mol. The smallest absolute Gasteiger partial charge is 0.410 e. The molecule has 2 aliphatic rings. The lowest BCUT2D eigenvalue weighted by atomic mass is 10.0. The standard InChI is InChI=1S/C14H20N2O2/c1-14(2,3)18-13(17)16-8-11-6-10(4-5-15)7-12(11)9-16/h4,11-12H,6-9H2,1-3H3. The second-order valence-corrected chi connectivity index (χ2v) is 6.25. The summed E-state index contributed by atoms with van der Waals surface area (Å²) in [7, 11) is 0. The average molecular weight is 248 g/mol. The first-order chi connectivity index (χ1) is 8.39. The van der Waals surface area contributed by atoms with E-state index in [2.05, 4.69) is 6.07 Å². The van der Waals surface area contributed by atoms with E-state index in [1.807, 2.05) is 25.7 Å². The number of hydrogen-bond acceptors (Lipinski definition) is 3. The zero-order valence-corrected chi connectivity index (χ0v) is 11.3. The lowest BCUT2D eigenvalue weighted by Gasteiger charge is -2.24. The van der Waals surface area contributed by atoms with Crippen molar-refractivity contribution in [2.75, 3.05) is 13.1 Å². The Morgan fingerprint density at radius 1 is 1.39 bits per heavy atom. The Balaban J connectivity index is 1.91. The molecule has 1 saturated carbocycles. The van der Waals surface area contributed by atoms with Crippen LogP contribution in [-0.4, -0.2) is 29.7 Å². The van der Waals surface area contributed by atoms with Crippen molar-refractivity contribution in [3.63, 3.8) is 0 Å². The lowest BCUT2D eigenvalue weighted by Crippen LogP contribution is -2.35. The van der Waals surface area contributed by atoms with Gasteiger partial charge >= 0.3 is 6.09 Å². The van der Waals surface area contributed by atoms with E-state index in [1.54, 1.807) is 6.08 Å². The van der Waals surface area contributed by atoms with Gasteiger partial charge in [-0.2, -0.15) is 5.26 Å². The van der Waals surface area contributed by atoms with Gasteiger partial charge in [0.25, 0.3) is 0 Å². The monoisotopic (exact) mass is 248 g/mol. The minimum Gasteiger partial charge on any atom is -0.444 e. The Labute approximate surface area is 108 Å². The summed E-state index contributed by atoms with van der Waals surface area (Å²) >= 11 is 0. The van der Waals surface area contributed by atoms with Crippen LogP contribution >= 0.6 is 0 Å². The van der Waals surface area contributed by atoms with E-state index >= 15 is 0 Å². The van der Waals surface area contributed by atoms with Gasteiger partial charge in [0.1, 0.15) is 5.60 Å². The van der Waals surface area contributed by atoms with E-state index in [0.29, 0.717) is 11.8 Å². The predicted octanol–water partition coefficient (Wildman–Crippen LogP) is 2.71. The van der Waals surface area contributed by atoms with Crippen LogP contribution in [0.25, 0.3) is 0 Å². The van der Waals surface area contributed by atoms with Crippen molar-refractivity contribution in [3.8, 4) is 6.07 Å². The van der Waals surface area contributed by atoms with Crippen molar-refractivity contribution in [2.24, 2.45) is 11.8 Å². The van der Waals surface area contributed by atoms with E-state index in [4.69, 9.17) is 10.00 Å². The van der Waals surface area contributed by atoms with E-state index < -0.39 is 5.60 Å². The van der Waals surface area contributed by atoms with Crippen LogP contribution < -0.4 is 0 Å². The van der Waals surface area contributed by atoms with E-state index in [1.165, 1.54) is 5.57 Å². The molecule has 0 spiro atoms. The van der Waals surface area contributed by atoms with Gasteiger partial charge in [-0.05, 0) is 45.4 Å². The molecular formula is C14H20N2O2. The van der Waals surface area contributed by atoms with Gasteiger partial charge in [0.15, 0.2) is 0 Å². The van der Waals surface area contributed by atoms with Gasteiger partial charge in [-0.25, -0.2) is 4.79 Å². The molecule has 2 atom stereocenters. The van der Waals surface area contributed by atoms with Crippen molar-refractivity contribution in [1.29, 1.82) is 5.26 Å². The molecule has 0 bridgehead atoms.